The van der Waals surface area contributed by atoms with Gasteiger partial charge in [-0.3, -0.25) is 4.55 Å². The Hall–Kier alpha value is -0.430. The lowest BCUT2D eigenvalue weighted by molar-refractivity contribution is 0.215. The van der Waals surface area contributed by atoms with Crippen molar-refractivity contribution >= 4 is 10.1 Å². The molecule has 4 N–H and O–H groups in total. The van der Waals surface area contributed by atoms with Crippen LogP contribution in [-0.4, -0.2) is 36.5 Å². The highest BCUT2D eigenvalue weighted by Gasteiger charge is 2.07. The second-order valence-electron chi connectivity index (χ2n) is 2.12. The molecule has 0 rings (SSSR count). The van der Waals surface area contributed by atoms with Gasteiger partial charge in [-0.2, -0.15) is 8.42 Å². The number of rotatable bonds is 3. The molecule has 6 heteroatoms. The average molecular weight is 197 g/mol. The van der Waals surface area contributed by atoms with Crippen LogP contribution in [0.3, 0.4) is 0 Å². The molecule has 0 heterocycles. The van der Waals surface area contributed by atoms with Gasteiger partial charge in [-0.1, -0.05) is 6.08 Å². The van der Waals surface area contributed by atoms with Gasteiger partial charge in [0, 0.05) is 6.54 Å². The average Bonchev–Trinajstić information content (AvgIpc) is 1.83. The predicted molar refractivity (Wildman–Crippen MR) is 47.3 cm³/mol. The Bertz CT molecular complexity index is 198. The van der Waals surface area contributed by atoms with E-state index < -0.39 is 22.0 Å². The molecular weight excluding hydrogens is 182 g/mol. The zero-order valence-corrected chi connectivity index (χ0v) is 7.79. The first kappa shape index (κ1) is 14.1. The standard InChI is InChI=1S/C3H7N.C3H8O4S/c1-2-3-4;1-3(4)2-8(5,6)7/h2H,1,3-4H2;3-4H,2H2,1H3,(H,5,6,7). The first-order chi connectivity index (χ1) is 5.33. The van der Waals surface area contributed by atoms with Crippen molar-refractivity contribution in [2.24, 2.45) is 5.73 Å². The Morgan fingerprint density at radius 1 is 1.67 bits per heavy atom. The van der Waals surface area contributed by atoms with Gasteiger partial charge >= 0.3 is 0 Å². The van der Waals surface area contributed by atoms with E-state index in [4.69, 9.17) is 15.4 Å². The maximum absolute atomic E-state index is 9.84. The molecule has 0 aromatic heterocycles. The van der Waals surface area contributed by atoms with Gasteiger partial charge in [0.2, 0.25) is 0 Å². The number of nitrogens with two attached hydrogens (primary N) is 1. The summed E-state index contributed by atoms with van der Waals surface area (Å²) in [6.07, 6.45) is 0.657. The normalized spacial score (nSPS) is 12.7. The van der Waals surface area contributed by atoms with Gasteiger partial charge in [0.15, 0.2) is 0 Å². The summed E-state index contributed by atoms with van der Waals surface area (Å²) in [6.45, 7) is 5.22. The van der Waals surface area contributed by atoms with Crippen molar-refractivity contribution in [3.8, 4) is 0 Å². The molecule has 0 aliphatic rings. The highest BCUT2D eigenvalue weighted by atomic mass is 32.2. The van der Waals surface area contributed by atoms with Crippen LogP contribution in [-0.2, 0) is 10.1 Å². The van der Waals surface area contributed by atoms with Gasteiger partial charge in [-0.25, -0.2) is 0 Å². The van der Waals surface area contributed by atoms with Gasteiger partial charge < -0.3 is 10.8 Å². The highest BCUT2D eigenvalue weighted by molar-refractivity contribution is 7.85. The third-order valence-electron chi connectivity index (χ3n) is 0.618. The first-order valence-corrected chi connectivity index (χ1v) is 4.88. The van der Waals surface area contributed by atoms with Gasteiger partial charge in [0.25, 0.3) is 10.1 Å². The maximum Gasteiger partial charge on any atom is 0.267 e. The molecule has 5 nitrogen and oxygen atoms in total. The van der Waals surface area contributed by atoms with Crippen molar-refractivity contribution in [2.75, 3.05) is 12.3 Å². The Balaban J connectivity index is 0. The molecule has 0 saturated carbocycles. The summed E-state index contributed by atoms with van der Waals surface area (Å²) < 4.78 is 27.7. The smallest absolute Gasteiger partial charge is 0.267 e. The number of aliphatic hydroxyl groups excluding tert-OH is 1. The Labute approximate surface area is 72.6 Å². The quantitative estimate of drug-likeness (QED) is 0.414. The summed E-state index contributed by atoms with van der Waals surface area (Å²) in [5.74, 6) is -0.590. The predicted octanol–water partition coefficient (Wildman–Crippen LogP) is -0.614. The van der Waals surface area contributed by atoms with Gasteiger partial charge in [-0.05, 0) is 6.92 Å². The van der Waals surface area contributed by atoms with Crippen molar-refractivity contribution in [2.45, 2.75) is 13.0 Å². The summed E-state index contributed by atoms with van der Waals surface area (Å²) in [5.41, 5.74) is 4.91. The summed E-state index contributed by atoms with van der Waals surface area (Å²) in [7, 11) is -3.97. The van der Waals surface area contributed by atoms with E-state index in [1.165, 1.54) is 6.92 Å². The molecule has 0 aliphatic carbocycles. The molecule has 0 radical (unpaired) electrons. The van der Waals surface area contributed by atoms with Crippen LogP contribution in [0.2, 0.25) is 0 Å². The molecular formula is C6H15NO4S. The van der Waals surface area contributed by atoms with E-state index in [1.807, 2.05) is 0 Å². The number of hydrogen-bond donors (Lipinski definition) is 3. The molecule has 0 bridgehead atoms. The molecule has 0 aromatic rings. The number of hydrogen-bond acceptors (Lipinski definition) is 4. The lowest BCUT2D eigenvalue weighted by atomic mass is 10.5. The summed E-state index contributed by atoms with van der Waals surface area (Å²) in [4.78, 5) is 0. The molecule has 1 unspecified atom stereocenters. The minimum atomic E-state index is -3.97. The van der Waals surface area contributed by atoms with Crippen LogP contribution in [0.25, 0.3) is 0 Å². The molecule has 1 atom stereocenters. The lowest BCUT2D eigenvalue weighted by Gasteiger charge is -1.97. The van der Waals surface area contributed by atoms with Crippen molar-refractivity contribution < 1.29 is 18.1 Å². The second-order valence-corrected chi connectivity index (χ2v) is 3.62. The van der Waals surface area contributed by atoms with Crippen LogP contribution in [0.15, 0.2) is 12.7 Å². The van der Waals surface area contributed by atoms with Crippen LogP contribution in [0, 0.1) is 0 Å². The minimum Gasteiger partial charge on any atom is -0.392 e. The van der Waals surface area contributed by atoms with E-state index in [0.29, 0.717) is 6.54 Å². The van der Waals surface area contributed by atoms with E-state index in [9.17, 15) is 8.42 Å². The van der Waals surface area contributed by atoms with E-state index in [0.717, 1.165) is 0 Å². The van der Waals surface area contributed by atoms with Crippen LogP contribution < -0.4 is 5.73 Å². The van der Waals surface area contributed by atoms with Gasteiger partial charge in [0.1, 0.15) is 5.75 Å². The SMILES string of the molecule is C=CCN.CC(O)CS(=O)(=O)O. The maximum atomic E-state index is 9.84. The molecule has 0 aliphatic heterocycles. The van der Waals surface area contributed by atoms with Gasteiger partial charge in [0.05, 0.1) is 6.10 Å². The van der Waals surface area contributed by atoms with E-state index in [-0.39, 0.29) is 0 Å². The zero-order chi connectivity index (χ0) is 10.2. The number of aliphatic hydroxyl groups is 1. The van der Waals surface area contributed by atoms with Crippen molar-refractivity contribution in [3.63, 3.8) is 0 Å². The first-order valence-electron chi connectivity index (χ1n) is 3.27. The molecule has 0 aromatic carbocycles. The largest absolute Gasteiger partial charge is 0.392 e. The van der Waals surface area contributed by atoms with E-state index in [2.05, 4.69) is 6.58 Å². The fourth-order valence-corrected chi connectivity index (χ4v) is 0.914. The molecule has 74 valence electrons. The molecule has 0 spiro atoms. The third-order valence-corrected chi connectivity index (χ3v) is 1.52. The fourth-order valence-electron chi connectivity index (χ4n) is 0.305. The topological polar surface area (TPSA) is 101 Å². The lowest BCUT2D eigenvalue weighted by Crippen LogP contribution is -2.16. The molecule has 12 heavy (non-hydrogen) atoms. The molecule has 0 amide bonds. The van der Waals surface area contributed by atoms with Crippen LogP contribution in [0.5, 0.6) is 0 Å². The monoisotopic (exact) mass is 197 g/mol. The molecule has 0 fully saturated rings. The Kier molecular flexibility index (Phi) is 8.51. The van der Waals surface area contributed by atoms with Gasteiger partial charge in [-0.15, -0.1) is 6.58 Å². The van der Waals surface area contributed by atoms with Crippen molar-refractivity contribution in [3.05, 3.63) is 12.7 Å². The summed E-state index contributed by atoms with van der Waals surface area (Å²) >= 11 is 0. The van der Waals surface area contributed by atoms with Crippen molar-refractivity contribution in [1.82, 2.24) is 0 Å². The van der Waals surface area contributed by atoms with Crippen LogP contribution in [0.1, 0.15) is 6.92 Å². The Morgan fingerprint density at radius 3 is 2.00 bits per heavy atom. The van der Waals surface area contributed by atoms with E-state index >= 15 is 0 Å². The second kappa shape index (κ2) is 7.23. The Morgan fingerprint density at radius 2 is 2.00 bits per heavy atom. The van der Waals surface area contributed by atoms with Crippen LogP contribution in [0.4, 0.5) is 0 Å². The van der Waals surface area contributed by atoms with E-state index in [1.54, 1.807) is 6.08 Å². The highest BCUT2D eigenvalue weighted by Crippen LogP contribution is 1.86. The van der Waals surface area contributed by atoms with Crippen LogP contribution >= 0.6 is 0 Å². The zero-order valence-electron chi connectivity index (χ0n) is 6.97. The minimum absolute atomic E-state index is 0.583. The fraction of sp³-hybridized carbons (Fsp3) is 0.667. The summed E-state index contributed by atoms with van der Waals surface area (Å²) in [6, 6.07) is 0. The summed E-state index contributed by atoms with van der Waals surface area (Å²) in [5, 5.41) is 8.35. The third kappa shape index (κ3) is 22.7. The van der Waals surface area contributed by atoms with Crippen molar-refractivity contribution in [1.29, 1.82) is 0 Å². The molecule has 0 saturated heterocycles.